The van der Waals surface area contributed by atoms with Crippen LogP contribution in [0.5, 0.6) is 0 Å². The molecule has 2 aromatic rings. The number of carboxylic acids is 1. The number of carbonyl (C=O) groups is 2. The summed E-state index contributed by atoms with van der Waals surface area (Å²) < 4.78 is 0. The van der Waals surface area contributed by atoms with Crippen LogP contribution in [-0.4, -0.2) is 40.5 Å². The molecule has 0 radical (unpaired) electrons. The largest absolute Gasteiger partial charge is 0.477 e. The molecule has 120 valence electrons. The number of unbranched alkanes of at least 4 members (excludes halogenated alkanes) is 1. The predicted molar refractivity (Wildman–Crippen MR) is 87.5 cm³/mol. The van der Waals surface area contributed by atoms with Gasteiger partial charge in [0.15, 0.2) is 0 Å². The van der Waals surface area contributed by atoms with E-state index in [-0.39, 0.29) is 17.3 Å². The molecule has 0 saturated heterocycles. The molecule has 1 heterocycles. The fourth-order valence-corrected chi connectivity index (χ4v) is 2.29. The molecule has 0 fully saturated rings. The van der Waals surface area contributed by atoms with E-state index in [1.807, 2.05) is 18.2 Å². The van der Waals surface area contributed by atoms with Crippen LogP contribution < -0.4 is 0 Å². The number of nitrogens with zero attached hydrogens (tertiary/aromatic N) is 2. The quantitative estimate of drug-likeness (QED) is 0.798. The van der Waals surface area contributed by atoms with Crippen LogP contribution >= 0.6 is 0 Å². The number of carbonyl (C=O) groups excluding carboxylic acids is 1. The number of pyridine rings is 1. The van der Waals surface area contributed by atoms with Crippen molar-refractivity contribution in [1.82, 2.24) is 9.88 Å². The summed E-state index contributed by atoms with van der Waals surface area (Å²) in [6.07, 6.45) is 2.86. The first kappa shape index (κ1) is 16.7. The minimum absolute atomic E-state index is 0.117. The minimum Gasteiger partial charge on any atom is -0.477 e. The summed E-state index contributed by atoms with van der Waals surface area (Å²) in [6, 6.07) is 14.7. The molecule has 0 aliphatic heterocycles. The van der Waals surface area contributed by atoms with Crippen molar-refractivity contribution in [3.05, 3.63) is 65.5 Å². The summed E-state index contributed by atoms with van der Waals surface area (Å²) in [5, 5.41) is 8.92. The Balaban J connectivity index is 1.83. The third-order valence-electron chi connectivity index (χ3n) is 3.59. The van der Waals surface area contributed by atoms with Crippen LogP contribution in [0.4, 0.5) is 0 Å². The van der Waals surface area contributed by atoms with Crippen molar-refractivity contribution >= 4 is 11.9 Å². The first-order valence-corrected chi connectivity index (χ1v) is 7.57. The fraction of sp³-hybridized carbons (Fsp3) is 0.278. The van der Waals surface area contributed by atoms with Crippen LogP contribution in [0.25, 0.3) is 0 Å². The second-order valence-corrected chi connectivity index (χ2v) is 5.38. The van der Waals surface area contributed by atoms with Crippen LogP contribution in [0.15, 0.2) is 48.5 Å². The standard InChI is InChI=1S/C18H20N2O3/c1-20(13-6-5-10-14-8-3-2-4-9-14)17(21)15-11-7-12-16(19-15)18(22)23/h2-4,7-9,11-12H,5-6,10,13H2,1H3,(H,22,23). The Kier molecular flexibility index (Phi) is 5.86. The van der Waals surface area contributed by atoms with Crippen LogP contribution in [0.1, 0.15) is 39.4 Å². The van der Waals surface area contributed by atoms with E-state index in [9.17, 15) is 9.59 Å². The normalized spacial score (nSPS) is 10.3. The van der Waals surface area contributed by atoms with E-state index >= 15 is 0 Å². The third-order valence-corrected chi connectivity index (χ3v) is 3.59. The number of hydrogen-bond donors (Lipinski definition) is 1. The van der Waals surface area contributed by atoms with Gasteiger partial charge in [-0.05, 0) is 37.0 Å². The highest BCUT2D eigenvalue weighted by molar-refractivity contribution is 5.94. The molecule has 23 heavy (non-hydrogen) atoms. The number of amides is 1. The summed E-state index contributed by atoms with van der Waals surface area (Å²) in [6.45, 7) is 0.616. The van der Waals surface area contributed by atoms with Gasteiger partial charge in [0.1, 0.15) is 11.4 Å². The lowest BCUT2D eigenvalue weighted by molar-refractivity contribution is 0.0690. The summed E-state index contributed by atoms with van der Waals surface area (Å²) in [5.74, 6) is -1.39. The van der Waals surface area contributed by atoms with Gasteiger partial charge in [-0.1, -0.05) is 36.4 Å². The minimum atomic E-state index is -1.13. The van der Waals surface area contributed by atoms with Crippen molar-refractivity contribution in [1.29, 1.82) is 0 Å². The average Bonchev–Trinajstić information content (AvgIpc) is 2.59. The Morgan fingerprint density at radius 3 is 2.39 bits per heavy atom. The van der Waals surface area contributed by atoms with E-state index in [1.54, 1.807) is 11.9 Å². The van der Waals surface area contributed by atoms with Crippen molar-refractivity contribution in [2.75, 3.05) is 13.6 Å². The van der Waals surface area contributed by atoms with Gasteiger partial charge in [-0.2, -0.15) is 0 Å². The lowest BCUT2D eigenvalue weighted by Crippen LogP contribution is -2.29. The van der Waals surface area contributed by atoms with Gasteiger partial charge < -0.3 is 10.0 Å². The van der Waals surface area contributed by atoms with Crippen LogP contribution in [0.2, 0.25) is 0 Å². The molecule has 2 rings (SSSR count). The Morgan fingerprint density at radius 2 is 1.70 bits per heavy atom. The SMILES string of the molecule is CN(CCCCc1ccccc1)C(=O)c1cccc(C(=O)O)n1. The molecule has 1 N–H and O–H groups in total. The molecule has 0 aliphatic rings. The molecule has 0 bridgehead atoms. The Morgan fingerprint density at radius 1 is 1.00 bits per heavy atom. The van der Waals surface area contributed by atoms with Gasteiger partial charge in [-0.3, -0.25) is 4.79 Å². The van der Waals surface area contributed by atoms with Crippen molar-refractivity contribution in [3.63, 3.8) is 0 Å². The fourth-order valence-electron chi connectivity index (χ4n) is 2.29. The maximum atomic E-state index is 12.3. The summed E-state index contributed by atoms with van der Waals surface area (Å²) >= 11 is 0. The Labute approximate surface area is 135 Å². The van der Waals surface area contributed by atoms with E-state index in [0.29, 0.717) is 6.54 Å². The molecule has 5 heteroatoms. The molecule has 5 nitrogen and oxygen atoms in total. The Hall–Kier alpha value is -2.69. The topological polar surface area (TPSA) is 70.5 Å². The maximum Gasteiger partial charge on any atom is 0.354 e. The van der Waals surface area contributed by atoms with Crippen LogP contribution in [0, 0.1) is 0 Å². The molecule has 0 spiro atoms. The zero-order valence-electron chi connectivity index (χ0n) is 13.1. The highest BCUT2D eigenvalue weighted by atomic mass is 16.4. The van der Waals surface area contributed by atoms with Gasteiger partial charge in [0.05, 0.1) is 0 Å². The van der Waals surface area contributed by atoms with Crippen molar-refractivity contribution in [2.24, 2.45) is 0 Å². The maximum absolute atomic E-state index is 12.3. The van der Waals surface area contributed by atoms with E-state index in [4.69, 9.17) is 5.11 Å². The highest BCUT2D eigenvalue weighted by Gasteiger charge is 2.15. The molecule has 1 aromatic carbocycles. The van der Waals surface area contributed by atoms with E-state index in [1.165, 1.54) is 23.8 Å². The highest BCUT2D eigenvalue weighted by Crippen LogP contribution is 2.07. The second-order valence-electron chi connectivity index (χ2n) is 5.38. The van der Waals surface area contributed by atoms with E-state index < -0.39 is 5.97 Å². The monoisotopic (exact) mass is 312 g/mol. The first-order chi connectivity index (χ1) is 11.1. The van der Waals surface area contributed by atoms with E-state index in [0.717, 1.165) is 19.3 Å². The van der Waals surface area contributed by atoms with Crippen molar-refractivity contribution in [3.8, 4) is 0 Å². The second kappa shape index (κ2) is 8.08. The molecular formula is C18H20N2O3. The molecule has 0 unspecified atom stereocenters. The number of aryl methyl sites for hydroxylation is 1. The lowest BCUT2D eigenvalue weighted by atomic mass is 10.1. The number of aromatic carboxylic acids is 1. The zero-order chi connectivity index (χ0) is 16.7. The third kappa shape index (κ3) is 4.92. The molecular weight excluding hydrogens is 292 g/mol. The molecule has 0 saturated carbocycles. The van der Waals surface area contributed by atoms with Gasteiger partial charge in [0.25, 0.3) is 5.91 Å². The van der Waals surface area contributed by atoms with Gasteiger partial charge in [0, 0.05) is 13.6 Å². The number of aromatic nitrogens is 1. The zero-order valence-corrected chi connectivity index (χ0v) is 13.1. The lowest BCUT2D eigenvalue weighted by Gasteiger charge is -2.16. The number of hydrogen-bond acceptors (Lipinski definition) is 3. The van der Waals surface area contributed by atoms with Crippen LogP contribution in [0.3, 0.4) is 0 Å². The number of carboxylic acid groups (broad SMARTS) is 1. The van der Waals surface area contributed by atoms with Gasteiger partial charge in [-0.15, -0.1) is 0 Å². The summed E-state index contributed by atoms with van der Waals surface area (Å²) in [4.78, 5) is 28.6. The predicted octanol–water partition coefficient (Wildman–Crippen LogP) is 2.87. The molecule has 1 aromatic heterocycles. The molecule has 0 aliphatic carbocycles. The van der Waals surface area contributed by atoms with Gasteiger partial charge in [-0.25, -0.2) is 9.78 Å². The summed E-state index contributed by atoms with van der Waals surface area (Å²) in [5.41, 5.74) is 1.33. The number of rotatable bonds is 7. The van der Waals surface area contributed by atoms with Crippen LogP contribution in [-0.2, 0) is 6.42 Å². The Bertz CT molecular complexity index is 671. The first-order valence-electron chi connectivity index (χ1n) is 7.57. The van der Waals surface area contributed by atoms with Crippen molar-refractivity contribution in [2.45, 2.75) is 19.3 Å². The molecule has 0 atom stereocenters. The average molecular weight is 312 g/mol. The molecule has 1 amide bonds. The van der Waals surface area contributed by atoms with Gasteiger partial charge >= 0.3 is 5.97 Å². The number of benzene rings is 1. The summed E-state index contributed by atoms with van der Waals surface area (Å²) in [7, 11) is 1.71. The van der Waals surface area contributed by atoms with E-state index in [2.05, 4.69) is 17.1 Å². The smallest absolute Gasteiger partial charge is 0.354 e. The van der Waals surface area contributed by atoms with Crippen molar-refractivity contribution < 1.29 is 14.7 Å². The van der Waals surface area contributed by atoms with Gasteiger partial charge in [0.2, 0.25) is 0 Å².